The fraction of sp³-hybridized carbons (Fsp3) is 0.222. The molecule has 4 heteroatoms. The molecule has 0 aliphatic heterocycles. The van der Waals surface area contributed by atoms with Crippen molar-refractivity contribution in [3.05, 3.63) is 58.9 Å². The number of nitriles is 1. The lowest BCUT2D eigenvalue weighted by molar-refractivity contribution is 0.299. The topological polar surface area (TPSA) is 61.8 Å². The molecule has 4 nitrogen and oxygen atoms in total. The number of aromatic nitrogens is 2. The van der Waals surface area contributed by atoms with Gasteiger partial charge in [-0.25, -0.2) is 4.98 Å². The first-order valence-electron chi connectivity index (χ1n) is 7.23. The lowest BCUT2D eigenvalue weighted by Crippen LogP contribution is -1.96. The van der Waals surface area contributed by atoms with Crippen molar-refractivity contribution in [2.45, 2.75) is 20.3 Å². The number of aliphatic hydroxyl groups is 1. The molecule has 0 unspecified atom stereocenters. The van der Waals surface area contributed by atoms with Crippen molar-refractivity contribution in [3.63, 3.8) is 0 Å². The lowest BCUT2D eigenvalue weighted by Gasteiger charge is -2.08. The van der Waals surface area contributed by atoms with E-state index in [9.17, 15) is 5.26 Å². The highest BCUT2D eigenvalue weighted by Crippen LogP contribution is 2.26. The van der Waals surface area contributed by atoms with Crippen LogP contribution in [0.3, 0.4) is 0 Å². The molecule has 3 rings (SSSR count). The van der Waals surface area contributed by atoms with Crippen molar-refractivity contribution in [2.24, 2.45) is 0 Å². The van der Waals surface area contributed by atoms with Gasteiger partial charge in [0.05, 0.1) is 22.7 Å². The number of nitrogens with zero attached hydrogens (tertiary/aromatic N) is 3. The molecule has 1 aromatic heterocycles. The van der Waals surface area contributed by atoms with E-state index in [0.717, 1.165) is 33.4 Å². The van der Waals surface area contributed by atoms with Gasteiger partial charge < -0.3 is 5.11 Å². The lowest BCUT2D eigenvalue weighted by atomic mass is 10.0. The number of aliphatic hydroxyl groups excluding tert-OH is 1. The SMILES string of the molecule is Cc1cc2c(ncn2-c2ccc(CCO)cc2)c(C)c1C#N. The quantitative estimate of drug-likeness (QED) is 0.806. The van der Waals surface area contributed by atoms with E-state index in [1.165, 1.54) is 0 Å². The average Bonchev–Trinajstić information content (AvgIpc) is 2.93. The van der Waals surface area contributed by atoms with Gasteiger partial charge in [0, 0.05) is 12.3 Å². The number of hydrogen-bond acceptors (Lipinski definition) is 3. The zero-order valence-electron chi connectivity index (χ0n) is 12.7. The Hall–Kier alpha value is -2.64. The van der Waals surface area contributed by atoms with Crippen LogP contribution in [0.4, 0.5) is 0 Å². The smallest absolute Gasteiger partial charge is 0.100 e. The molecular weight excluding hydrogens is 274 g/mol. The third kappa shape index (κ3) is 2.26. The summed E-state index contributed by atoms with van der Waals surface area (Å²) in [7, 11) is 0. The molecule has 2 aromatic carbocycles. The predicted octanol–water partition coefficient (Wildman–Crippen LogP) is 3.05. The molecule has 0 saturated heterocycles. The molecule has 0 spiro atoms. The Kier molecular flexibility index (Phi) is 3.66. The fourth-order valence-corrected chi connectivity index (χ4v) is 2.81. The Balaban J connectivity index is 2.14. The van der Waals surface area contributed by atoms with Gasteiger partial charge in [-0.05, 0) is 55.2 Å². The van der Waals surface area contributed by atoms with Crippen LogP contribution in [-0.4, -0.2) is 21.3 Å². The van der Waals surface area contributed by atoms with Crippen molar-refractivity contribution < 1.29 is 5.11 Å². The summed E-state index contributed by atoms with van der Waals surface area (Å²) in [5.74, 6) is 0. The van der Waals surface area contributed by atoms with Gasteiger partial charge in [-0.3, -0.25) is 4.57 Å². The highest BCUT2D eigenvalue weighted by Gasteiger charge is 2.12. The first-order valence-corrected chi connectivity index (χ1v) is 7.23. The maximum Gasteiger partial charge on any atom is 0.100 e. The standard InChI is InChI=1S/C18H17N3O/c1-12-9-17-18(13(2)16(12)10-19)20-11-21(17)15-5-3-14(4-6-15)7-8-22/h3-6,9,11,22H,7-8H2,1-2H3. The Labute approximate surface area is 129 Å². The average molecular weight is 291 g/mol. The zero-order chi connectivity index (χ0) is 15.7. The number of hydrogen-bond donors (Lipinski definition) is 1. The number of benzene rings is 2. The molecule has 0 aliphatic rings. The van der Waals surface area contributed by atoms with Crippen molar-refractivity contribution in [3.8, 4) is 11.8 Å². The minimum absolute atomic E-state index is 0.155. The molecule has 22 heavy (non-hydrogen) atoms. The highest BCUT2D eigenvalue weighted by atomic mass is 16.2. The van der Waals surface area contributed by atoms with Crippen LogP contribution in [-0.2, 0) is 6.42 Å². The fourth-order valence-electron chi connectivity index (χ4n) is 2.81. The van der Waals surface area contributed by atoms with Gasteiger partial charge in [0.25, 0.3) is 0 Å². The molecule has 1 N–H and O–H groups in total. The molecule has 0 amide bonds. The van der Waals surface area contributed by atoms with Crippen LogP contribution in [0.1, 0.15) is 22.3 Å². The first kappa shape index (κ1) is 14.3. The maximum atomic E-state index is 9.26. The highest BCUT2D eigenvalue weighted by molar-refractivity contribution is 5.84. The van der Waals surface area contributed by atoms with Gasteiger partial charge in [0.15, 0.2) is 0 Å². The second-order valence-corrected chi connectivity index (χ2v) is 5.43. The van der Waals surface area contributed by atoms with Crippen LogP contribution in [0.5, 0.6) is 0 Å². The number of aryl methyl sites for hydroxylation is 2. The van der Waals surface area contributed by atoms with Gasteiger partial charge >= 0.3 is 0 Å². The third-order valence-corrected chi connectivity index (χ3v) is 4.01. The van der Waals surface area contributed by atoms with E-state index in [4.69, 9.17) is 5.11 Å². The van der Waals surface area contributed by atoms with Gasteiger partial charge in [-0.15, -0.1) is 0 Å². The van der Waals surface area contributed by atoms with Crippen molar-refractivity contribution in [1.82, 2.24) is 9.55 Å². The van der Waals surface area contributed by atoms with Crippen molar-refractivity contribution >= 4 is 11.0 Å². The first-order chi connectivity index (χ1) is 10.7. The van der Waals surface area contributed by atoms with Crippen LogP contribution in [0.25, 0.3) is 16.7 Å². The van der Waals surface area contributed by atoms with Crippen LogP contribution in [0.15, 0.2) is 36.7 Å². The van der Waals surface area contributed by atoms with Gasteiger partial charge in [-0.1, -0.05) is 12.1 Å². The summed E-state index contributed by atoms with van der Waals surface area (Å²) >= 11 is 0. The molecule has 0 aliphatic carbocycles. The molecule has 0 atom stereocenters. The normalized spacial score (nSPS) is 10.8. The zero-order valence-corrected chi connectivity index (χ0v) is 12.7. The van der Waals surface area contributed by atoms with Crippen LogP contribution >= 0.6 is 0 Å². The van der Waals surface area contributed by atoms with Gasteiger partial charge in [-0.2, -0.15) is 5.26 Å². The minimum atomic E-state index is 0.155. The number of fused-ring (bicyclic) bond motifs is 1. The third-order valence-electron chi connectivity index (χ3n) is 4.01. The summed E-state index contributed by atoms with van der Waals surface area (Å²) in [4.78, 5) is 4.47. The molecule has 0 saturated carbocycles. The molecule has 3 aromatic rings. The summed E-state index contributed by atoms with van der Waals surface area (Å²) in [5, 5.41) is 18.2. The molecule has 110 valence electrons. The monoisotopic (exact) mass is 291 g/mol. The van der Waals surface area contributed by atoms with Crippen LogP contribution in [0.2, 0.25) is 0 Å². The molecule has 0 radical (unpaired) electrons. The van der Waals surface area contributed by atoms with Gasteiger partial charge in [0.2, 0.25) is 0 Å². The Morgan fingerprint density at radius 2 is 1.95 bits per heavy atom. The van der Waals surface area contributed by atoms with E-state index < -0.39 is 0 Å². The molecule has 0 fully saturated rings. The molecular formula is C18H17N3O. The van der Waals surface area contributed by atoms with E-state index in [2.05, 4.69) is 11.1 Å². The Morgan fingerprint density at radius 1 is 1.23 bits per heavy atom. The van der Waals surface area contributed by atoms with Crippen LogP contribution in [0, 0.1) is 25.2 Å². The summed E-state index contributed by atoms with van der Waals surface area (Å²) in [6.45, 7) is 4.05. The van der Waals surface area contributed by atoms with Crippen molar-refractivity contribution in [2.75, 3.05) is 6.61 Å². The second kappa shape index (κ2) is 5.63. The van der Waals surface area contributed by atoms with E-state index in [1.54, 1.807) is 6.33 Å². The summed E-state index contributed by atoms with van der Waals surface area (Å²) < 4.78 is 2.03. The van der Waals surface area contributed by atoms with E-state index in [1.807, 2.05) is 48.7 Å². The van der Waals surface area contributed by atoms with Crippen molar-refractivity contribution in [1.29, 1.82) is 5.26 Å². The Bertz CT molecular complexity index is 870. The van der Waals surface area contributed by atoms with Gasteiger partial charge in [0.1, 0.15) is 6.33 Å². The van der Waals surface area contributed by atoms with E-state index in [-0.39, 0.29) is 6.61 Å². The Morgan fingerprint density at radius 3 is 2.59 bits per heavy atom. The summed E-state index contributed by atoms with van der Waals surface area (Å²) in [6, 6.07) is 12.3. The van der Waals surface area contributed by atoms with E-state index >= 15 is 0 Å². The number of rotatable bonds is 3. The number of imidazole rings is 1. The van der Waals surface area contributed by atoms with Crippen LogP contribution < -0.4 is 0 Å². The molecule has 0 bridgehead atoms. The predicted molar refractivity (Wildman–Crippen MR) is 86.0 cm³/mol. The van der Waals surface area contributed by atoms with E-state index in [0.29, 0.717) is 12.0 Å². The largest absolute Gasteiger partial charge is 0.396 e. The molecule has 1 heterocycles. The minimum Gasteiger partial charge on any atom is -0.396 e. The second-order valence-electron chi connectivity index (χ2n) is 5.43. The maximum absolute atomic E-state index is 9.26. The summed E-state index contributed by atoms with van der Waals surface area (Å²) in [6.07, 6.45) is 2.45. The summed E-state index contributed by atoms with van der Waals surface area (Å²) in [5.41, 5.74) is 6.59.